The molecule has 0 aromatic carbocycles. The van der Waals surface area contributed by atoms with Gasteiger partial charge < -0.3 is 15.4 Å². The van der Waals surface area contributed by atoms with Crippen LogP contribution in [0.15, 0.2) is 33.7 Å². The zero-order chi connectivity index (χ0) is 15.0. The largest absolute Gasteiger partial charge is 0.469 e. The smallest absolute Gasteiger partial charge is 0.192 e. The molecule has 0 saturated heterocycles. The van der Waals surface area contributed by atoms with Crippen LogP contribution in [-0.2, 0) is 4.74 Å². The van der Waals surface area contributed by atoms with E-state index in [9.17, 15) is 0 Å². The summed E-state index contributed by atoms with van der Waals surface area (Å²) in [7, 11) is 0. The molecule has 2 N–H and O–H groups in total. The molecule has 0 radical (unpaired) electrons. The molecule has 2 aliphatic rings. The van der Waals surface area contributed by atoms with Crippen LogP contribution in [0.25, 0.3) is 0 Å². The number of nitrogens with one attached hydrogen (secondary N) is 2. The molecule has 0 aromatic rings. The van der Waals surface area contributed by atoms with Crippen molar-refractivity contribution in [2.24, 2.45) is 0 Å². The van der Waals surface area contributed by atoms with Crippen molar-refractivity contribution in [1.82, 2.24) is 10.6 Å². The SMILES string of the molecule is CC.CC/C(Br)=C\C=C(/CC)C1NC2=C(CCNC2)O1. The third-order valence-corrected chi connectivity index (χ3v) is 4.12. The highest BCUT2D eigenvalue weighted by atomic mass is 79.9. The summed E-state index contributed by atoms with van der Waals surface area (Å²) < 4.78 is 7.21. The van der Waals surface area contributed by atoms with Crippen LogP contribution < -0.4 is 10.6 Å². The van der Waals surface area contributed by atoms with Gasteiger partial charge in [0.15, 0.2) is 6.23 Å². The molecule has 0 saturated carbocycles. The molecular formula is C16H27BrN2O. The molecule has 2 aliphatic heterocycles. The van der Waals surface area contributed by atoms with Crippen LogP contribution >= 0.6 is 15.9 Å². The van der Waals surface area contributed by atoms with Gasteiger partial charge in [0.1, 0.15) is 5.76 Å². The Labute approximate surface area is 131 Å². The van der Waals surface area contributed by atoms with E-state index >= 15 is 0 Å². The van der Waals surface area contributed by atoms with Gasteiger partial charge in [0.25, 0.3) is 0 Å². The standard InChI is InChI=1S/C14H21BrN2O.C2H6/c1-3-10(5-6-11(15)4-2)14-17-12-9-16-8-7-13(12)18-14;1-2/h5-6,14,16-17H,3-4,7-9H2,1-2H3;1-2H3/b10-5+,11-6+;. The van der Waals surface area contributed by atoms with Gasteiger partial charge in [0.2, 0.25) is 0 Å². The second-order valence-electron chi connectivity index (χ2n) is 4.53. The topological polar surface area (TPSA) is 33.3 Å². The predicted molar refractivity (Wildman–Crippen MR) is 89.5 cm³/mol. The van der Waals surface area contributed by atoms with Crippen LogP contribution in [0.4, 0.5) is 0 Å². The summed E-state index contributed by atoms with van der Waals surface area (Å²) in [4.78, 5) is 0. The number of hydrogen-bond donors (Lipinski definition) is 2. The molecule has 20 heavy (non-hydrogen) atoms. The van der Waals surface area contributed by atoms with Gasteiger partial charge in [-0.15, -0.1) is 0 Å². The number of allylic oxidation sites excluding steroid dienone is 3. The van der Waals surface area contributed by atoms with E-state index in [1.165, 1.54) is 15.8 Å². The highest BCUT2D eigenvalue weighted by Crippen LogP contribution is 2.26. The summed E-state index contributed by atoms with van der Waals surface area (Å²) in [5.74, 6) is 1.14. The van der Waals surface area contributed by atoms with Crippen molar-refractivity contribution in [2.75, 3.05) is 13.1 Å². The second-order valence-corrected chi connectivity index (χ2v) is 5.55. The zero-order valence-electron chi connectivity index (χ0n) is 13.1. The number of hydrogen-bond acceptors (Lipinski definition) is 3. The van der Waals surface area contributed by atoms with Gasteiger partial charge >= 0.3 is 0 Å². The Kier molecular flexibility index (Phi) is 8.00. The van der Waals surface area contributed by atoms with Crippen LogP contribution in [0.5, 0.6) is 0 Å². The fourth-order valence-corrected chi connectivity index (χ4v) is 2.26. The predicted octanol–water partition coefficient (Wildman–Crippen LogP) is 4.19. The molecule has 1 unspecified atom stereocenters. The fourth-order valence-electron chi connectivity index (χ4n) is 2.13. The van der Waals surface area contributed by atoms with Gasteiger partial charge in [-0.2, -0.15) is 0 Å². The first-order chi connectivity index (χ1) is 9.74. The maximum atomic E-state index is 6.00. The average Bonchev–Trinajstić information content (AvgIpc) is 2.93. The van der Waals surface area contributed by atoms with E-state index in [4.69, 9.17) is 4.74 Å². The molecule has 4 heteroatoms. The minimum absolute atomic E-state index is 0.0216. The zero-order valence-corrected chi connectivity index (χ0v) is 14.6. The van der Waals surface area contributed by atoms with Gasteiger partial charge in [0, 0.05) is 19.5 Å². The first-order valence-electron chi connectivity index (χ1n) is 7.65. The monoisotopic (exact) mass is 342 g/mol. The molecule has 0 bridgehead atoms. The lowest BCUT2D eigenvalue weighted by atomic mass is 10.1. The molecular weight excluding hydrogens is 316 g/mol. The summed E-state index contributed by atoms with van der Waals surface area (Å²) >= 11 is 3.54. The van der Waals surface area contributed by atoms with Crippen molar-refractivity contribution in [1.29, 1.82) is 0 Å². The first-order valence-corrected chi connectivity index (χ1v) is 8.45. The van der Waals surface area contributed by atoms with Crippen molar-refractivity contribution < 1.29 is 4.74 Å². The Bertz CT molecular complexity index is 381. The lowest BCUT2D eigenvalue weighted by Crippen LogP contribution is -2.31. The molecule has 2 rings (SSSR count). The Hall–Kier alpha value is -0.740. The van der Waals surface area contributed by atoms with E-state index < -0.39 is 0 Å². The van der Waals surface area contributed by atoms with Crippen molar-refractivity contribution in [2.45, 2.75) is 53.2 Å². The van der Waals surface area contributed by atoms with Crippen molar-refractivity contribution in [3.8, 4) is 0 Å². The summed E-state index contributed by atoms with van der Waals surface area (Å²) in [6.45, 7) is 10.2. The molecule has 114 valence electrons. The van der Waals surface area contributed by atoms with Gasteiger partial charge in [-0.3, -0.25) is 0 Å². The van der Waals surface area contributed by atoms with E-state index in [0.717, 1.165) is 38.1 Å². The average molecular weight is 343 g/mol. The maximum Gasteiger partial charge on any atom is 0.192 e. The Morgan fingerprint density at radius 2 is 2.05 bits per heavy atom. The highest BCUT2D eigenvalue weighted by molar-refractivity contribution is 9.11. The van der Waals surface area contributed by atoms with Crippen molar-refractivity contribution >= 4 is 15.9 Å². The van der Waals surface area contributed by atoms with Crippen LogP contribution in [0, 0.1) is 0 Å². The lowest BCUT2D eigenvalue weighted by Gasteiger charge is -2.15. The van der Waals surface area contributed by atoms with Crippen molar-refractivity contribution in [3.05, 3.63) is 33.7 Å². The fraction of sp³-hybridized carbons (Fsp3) is 0.625. The molecule has 1 atom stereocenters. The van der Waals surface area contributed by atoms with Crippen molar-refractivity contribution in [3.63, 3.8) is 0 Å². The van der Waals surface area contributed by atoms with Gasteiger partial charge in [-0.05, 0) is 22.9 Å². The normalized spacial score (nSPS) is 22.6. The minimum Gasteiger partial charge on any atom is -0.469 e. The lowest BCUT2D eigenvalue weighted by molar-refractivity contribution is 0.149. The number of halogens is 1. The Balaban J connectivity index is 0.000000956. The quantitative estimate of drug-likeness (QED) is 0.751. The van der Waals surface area contributed by atoms with E-state index in [2.05, 4.69) is 52.6 Å². The minimum atomic E-state index is 0.0216. The van der Waals surface area contributed by atoms with E-state index in [0.29, 0.717) is 0 Å². The summed E-state index contributed by atoms with van der Waals surface area (Å²) in [5.41, 5.74) is 2.51. The van der Waals surface area contributed by atoms with Crippen LogP contribution in [0.1, 0.15) is 47.0 Å². The Morgan fingerprint density at radius 3 is 2.65 bits per heavy atom. The number of rotatable bonds is 4. The van der Waals surface area contributed by atoms with Gasteiger partial charge in [-0.1, -0.05) is 55.8 Å². The van der Waals surface area contributed by atoms with E-state index in [1.54, 1.807) is 0 Å². The van der Waals surface area contributed by atoms with Gasteiger partial charge in [0.05, 0.1) is 5.70 Å². The molecule has 3 nitrogen and oxygen atoms in total. The molecule has 0 aliphatic carbocycles. The first kappa shape index (κ1) is 17.3. The molecule has 0 spiro atoms. The second kappa shape index (κ2) is 9.24. The molecule has 0 amide bonds. The summed E-state index contributed by atoms with van der Waals surface area (Å²) in [6.07, 6.45) is 7.31. The van der Waals surface area contributed by atoms with Crippen LogP contribution in [0.3, 0.4) is 0 Å². The molecule has 0 fully saturated rings. The maximum absolute atomic E-state index is 6.00. The van der Waals surface area contributed by atoms with Crippen LogP contribution in [0.2, 0.25) is 0 Å². The third-order valence-electron chi connectivity index (χ3n) is 3.29. The summed E-state index contributed by atoms with van der Waals surface area (Å²) in [5, 5.41) is 6.82. The Morgan fingerprint density at radius 1 is 1.30 bits per heavy atom. The molecule has 2 heterocycles. The summed E-state index contributed by atoms with van der Waals surface area (Å²) in [6, 6.07) is 0. The third kappa shape index (κ3) is 4.67. The molecule has 0 aromatic heterocycles. The van der Waals surface area contributed by atoms with Gasteiger partial charge in [-0.25, -0.2) is 0 Å². The van der Waals surface area contributed by atoms with E-state index in [1.807, 2.05) is 13.8 Å². The highest BCUT2D eigenvalue weighted by Gasteiger charge is 2.27. The van der Waals surface area contributed by atoms with E-state index in [-0.39, 0.29) is 6.23 Å². The van der Waals surface area contributed by atoms with Crippen LogP contribution in [-0.4, -0.2) is 19.3 Å². The number of ether oxygens (including phenoxy) is 1.